The molecule has 0 aliphatic heterocycles. The van der Waals surface area contributed by atoms with Crippen molar-refractivity contribution in [3.63, 3.8) is 0 Å². The van der Waals surface area contributed by atoms with Crippen LogP contribution in [0, 0.1) is 0 Å². The van der Waals surface area contributed by atoms with Gasteiger partial charge in [0.05, 0.1) is 20.4 Å². The molecule has 7 nitrogen and oxygen atoms in total. The van der Waals surface area contributed by atoms with Gasteiger partial charge in [-0.25, -0.2) is 0 Å². The second kappa shape index (κ2) is 12.0. The molecule has 0 aromatic rings. The van der Waals surface area contributed by atoms with Gasteiger partial charge in [0.15, 0.2) is 0 Å². The smallest absolute Gasteiger partial charge is 0.790 e. The quantitative estimate of drug-likeness (QED) is 0.388. The summed E-state index contributed by atoms with van der Waals surface area (Å²) < 4.78 is 13.1. The normalized spacial score (nSPS) is 11.4. The predicted octanol–water partition coefficient (Wildman–Crippen LogP) is -13.0. The molecule has 0 amide bonds. The van der Waals surface area contributed by atoms with Crippen molar-refractivity contribution in [3.8, 4) is 0 Å². The molecule has 0 aliphatic carbocycles. The van der Waals surface area contributed by atoms with E-state index in [1.54, 1.807) is 0 Å². The van der Waals surface area contributed by atoms with Crippen LogP contribution in [-0.2, 0) is 13.9 Å². The van der Waals surface area contributed by atoms with Crippen LogP contribution in [0.5, 0.6) is 0 Å². The van der Waals surface area contributed by atoms with Crippen LogP contribution in [0.25, 0.3) is 0 Å². The molecule has 0 fully saturated rings. The zero-order valence-corrected chi connectivity index (χ0v) is 15.0. The summed E-state index contributed by atoms with van der Waals surface area (Å²) in [6, 6.07) is 0. The average Bonchev–Trinajstić information content (AvgIpc) is 1.80. The van der Waals surface area contributed by atoms with Gasteiger partial charge in [-0.2, -0.15) is 0 Å². The fourth-order valence-electron chi connectivity index (χ4n) is 0.307. The zero-order valence-electron chi connectivity index (χ0n) is 8.13. The molecule has 1 N–H and O–H groups in total. The molecule has 0 rings (SSSR count). The van der Waals surface area contributed by atoms with Crippen LogP contribution in [0.15, 0.2) is 0 Å². The third kappa shape index (κ3) is 14.5. The maximum absolute atomic E-state index is 9.81. The summed E-state index contributed by atoms with van der Waals surface area (Å²) in [5, 5.41) is 17.9. The average molecular weight is 252 g/mol. The summed E-state index contributed by atoms with van der Waals surface area (Å²) in [4.78, 5) is 29.3. The van der Waals surface area contributed by atoms with E-state index in [4.69, 9.17) is 5.11 Å². The number of hydrogen-bond donors (Lipinski definition) is 1. The van der Waals surface area contributed by atoms with Gasteiger partial charge < -0.3 is 33.9 Å². The zero-order chi connectivity index (χ0) is 9.07. The Morgan fingerprint density at radius 3 is 1.79 bits per heavy atom. The molecule has 0 heterocycles. The van der Waals surface area contributed by atoms with Gasteiger partial charge >= 0.3 is 88.7 Å². The van der Waals surface area contributed by atoms with E-state index in [9.17, 15) is 24.3 Å². The topological polar surface area (TPSA) is 133 Å². The number of aliphatic hydroxyl groups is 1. The summed E-state index contributed by atoms with van der Waals surface area (Å²) in [5.41, 5.74) is 0. The van der Waals surface area contributed by atoms with Gasteiger partial charge in [-0.05, 0) is 0 Å². The van der Waals surface area contributed by atoms with Crippen LogP contribution >= 0.6 is 7.82 Å². The fraction of sp³-hybridized carbons (Fsp3) is 0.667. The number of carbonyl (C=O) groups excluding carboxylic acids is 1. The molecule has 1 atom stereocenters. The molecule has 0 unspecified atom stereocenters. The van der Waals surface area contributed by atoms with E-state index in [0.717, 1.165) is 0 Å². The number of carboxylic acids is 1. The van der Waals surface area contributed by atoms with Crippen molar-refractivity contribution in [2.24, 2.45) is 0 Å². The maximum atomic E-state index is 9.81. The molecule has 0 aliphatic rings. The van der Waals surface area contributed by atoms with Crippen LogP contribution in [-0.4, -0.2) is 23.8 Å². The van der Waals surface area contributed by atoms with Crippen LogP contribution in [0.4, 0.5) is 0 Å². The molecular formula is C3H4Na3O7P. The largest absolute Gasteiger partial charge is 1.00 e. The molecule has 0 spiro atoms. The molecule has 0 aromatic carbocycles. The van der Waals surface area contributed by atoms with E-state index in [1.807, 2.05) is 0 Å². The van der Waals surface area contributed by atoms with Gasteiger partial charge in [0.2, 0.25) is 0 Å². The Bertz CT molecular complexity index is 193. The molecule has 0 aromatic heterocycles. The standard InChI is InChI=1S/C3H7O7P.3Na/c4-1-2(3(5)6)10-11(7,8)9;;;/h2,4H,1H2,(H,5,6)(H2,7,8,9);;;/q;3*+1/p-3/t2-;;;/m1.../s1. The Hall–Kier alpha value is 2.54. The van der Waals surface area contributed by atoms with Gasteiger partial charge in [-0.15, -0.1) is 0 Å². The Balaban J connectivity index is -0.000000167. The van der Waals surface area contributed by atoms with E-state index in [0.29, 0.717) is 0 Å². The monoisotopic (exact) mass is 252 g/mol. The Kier molecular flexibility index (Phi) is 21.8. The number of rotatable bonds is 4. The number of aliphatic hydroxyl groups excluding tert-OH is 1. The van der Waals surface area contributed by atoms with E-state index in [-0.39, 0.29) is 88.7 Å². The second-order valence-electron chi connectivity index (χ2n) is 1.54. The minimum Gasteiger partial charge on any atom is -0.790 e. The van der Waals surface area contributed by atoms with E-state index >= 15 is 0 Å². The number of aliphatic carboxylic acids is 1. The third-order valence-corrected chi connectivity index (χ3v) is 1.20. The first-order valence-corrected chi connectivity index (χ1v) is 3.85. The summed E-state index contributed by atoms with van der Waals surface area (Å²) in [6.07, 6.45) is -2.11. The summed E-state index contributed by atoms with van der Waals surface area (Å²) in [7, 11) is -5.37. The summed E-state index contributed by atoms with van der Waals surface area (Å²) in [5.74, 6) is -1.96. The Morgan fingerprint density at radius 1 is 1.36 bits per heavy atom. The molecule has 66 valence electrons. The SMILES string of the molecule is O=C([O-])[C@@H](CO)OP(=O)([O-])[O-].[Na+].[Na+].[Na+]. The molecule has 11 heteroatoms. The van der Waals surface area contributed by atoms with Gasteiger partial charge in [0.1, 0.15) is 6.10 Å². The van der Waals surface area contributed by atoms with Crippen molar-refractivity contribution >= 4 is 13.8 Å². The number of hydrogen-bond acceptors (Lipinski definition) is 7. The first-order chi connectivity index (χ1) is 4.87. The van der Waals surface area contributed by atoms with Crippen molar-refractivity contribution in [2.45, 2.75) is 6.10 Å². The first-order valence-electron chi connectivity index (χ1n) is 2.39. The van der Waals surface area contributed by atoms with Gasteiger partial charge in [-0.3, -0.25) is 0 Å². The van der Waals surface area contributed by atoms with E-state index in [1.165, 1.54) is 0 Å². The number of phosphoric ester groups is 1. The summed E-state index contributed by atoms with van der Waals surface area (Å²) in [6.45, 7) is -1.13. The summed E-state index contributed by atoms with van der Waals surface area (Å²) >= 11 is 0. The molecule has 14 heavy (non-hydrogen) atoms. The second-order valence-corrected chi connectivity index (χ2v) is 2.65. The minimum absolute atomic E-state index is 0. The molecular weight excluding hydrogens is 248 g/mol. The van der Waals surface area contributed by atoms with Crippen molar-refractivity contribution < 1.29 is 123 Å². The predicted molar refractivity (Wildman–Crippen MR) is 24.6 cm³/mol. The van der Waals surface area contributed by atoms with E-state index in [2.05, 4.69) is 4.52 Å². The number of carbonyl (C=O) groups is 1. The van der Waals surface area contributed by atoms with Crippen LogP contribution < -0.4 is 104 Å². The van der Waals surface area contributed by atoms with Gasteiger partial charge in [-0.1, -0.05) is 0 Å². The van der Waals surface area contributed by atoms with Crippen molar-refractivity contribution in [1.82, 2.24) is 0 Å². The fourth-order valence-corrected chi connectivity index (χ4v) is 0.771. The van der Waals surface area contributed by atoms with Gasteiger partial charge in [0.25, 0.3) is 0 Å². The molecule has 0 radical (unpaired) electrons. The first kappa shape index (κ1) is 25.4. The Labute approximate surface area is 147 Å². The van der Waals surface area contributed by atoms with Crippen LogP contribution in [0.1, 0.15) is 0 Å². The van der Waals surface area contributed by atoms with Crippen molar-refractivity contribution in [2.75, 3.05) is 6.61 Å². The Morgan fingerprint density at radius 2 is 1.71 bits per heavy atom. The number of carboxylic acid groups (broad SMARTS) is 1. The van der Waals surface area contributed by atoms with Crippen molar-refractivity contribution in [3.05, 3.63) is 0 Å². The van der Waals surface area contributed by atoms with Gasteiger partial charge in [0, 0.05) is 0 Å². The van der Waals surface area contributed by atoms with E-state index < -0.39 is 26.5 Å². The molecule has 0 bridgehead atoms. The number of phosphoric acid groups is 1. The molecule has 0 saturated heterocycles. The third-order valence-electron chi connectivity index (χ3n) is 0.685. The van der Waals surface area contributed by atoms with Crippen LogP contribution in [0.3, 0.4) is 0 Å². The maximum Gasteiger partial charge on any atom is 1.00 e. The minimum atomic E-state index is -5.37. The van der Waals surface area contributed by atoms with Crippen molar-refractivity contribution in [1.29, 1.82) is 0 Å². The molecule has 0 saturated carbocycles. The van der Waals surface area contributed by atoms with Crippen LogP contribution in [0.2, 0.25) is 0 Å².